The Morgan fingerprint density at radius 1 is 1.09 bits per heavy atom. The molecule has 2 saturated carbocycles. The Balaban J connectivity index is 1.51. The van der Waals surface area contributed by atoms with Gasteiger partial charge in [-0.05, 0) is 65.2 Å². The Hall–Kier alpha value is -2.68. The Bertz CT molecular complexity index is 1320. The number of ether oxygens (including phenoxy) is 3. The van der Waals surface area contributed by atoms with Crippen LogP contribution in [-0.2, 0) is 32.9 Å². The molecular formula is C29H44FN4O10P. The number of nitrogens with zero attached hydrogens (tertiary/aromatic N) is 1. The van der Waals surface area contributed by atoms with Crippen molar-refractivity contribution in [3.8, 4) is 0 Å². The summed E-state index contributed by atoms with van der Waals surface area (Å²) in [5.41, 5.74) is -3.79. The molecule has 1 saturated heterocycles. The number of aromatic amines is 1. The third-order valence-corrected chi connectivity index (χ3v) is 10.4. The topological polar surface area (TPSA) is 187 Å². The van der Waals surface area contributed by atoms with E-state index in [2.05, 4.69) is 16.8 Å². The second-order valence-electron chi connectivity index (χ2n) is 12.0. The lowest BCUT2D eigenvalue weighted by atomic mass is 9.98. The highest BCUT2D eigenvalue weighted by molar-refractivity contribution is 7.54. The van der Waals surface area contributed by atoms with Crippen LogP contribution in [0.1, 0.15) is 84.3 Å². The lowest BCUT2D eigenvalue weighted by molar-refractivity contribution is -0.152. The zero-order valence-corrected chi connectivity index (χ0v) is 26.5. The van der Waals surface area contributed by atoms with Gasteiger partial charge in [0.25, 0.3) is 5.56 Å². The zero-order valence-electron chi connectivity index (χ0n) is 25.7. The first-order valence-corrected chi connectivity index (χ1v) is 17.1. The van der Waals surface area contributed by atoms with Crippen molar-refractivity contribution in [1.82, 2.24) is 19.7 Å². The molecule has 6 atom stereocenters. The van der Waals surface area contributed by atoms with E-state index >= 15 is 4.39 Å². The molecule has 0 unspecified atom stereocenters. The third kappa shape index (κ3) is 8.78. The Morgan fingerprint density at radius 3 is 2.07 bits per heavy atom. The van der Waals surface area contributed by atoms with Gasteiger partial charge in [-0.15, -0.1) is 6.58 Å². The minimum atomic E-state index is -4.40. The first-order chi connectivity index (χ1) is 21.4. The summed E-state index contributed by atoms with van der Waals surface area (Å²) in [5.74, 6) is -1.37. The summed E-state index contributed by atoms with van der Waals surface area (Å²) in [7, 11) is -4.40. The number of aromatic nitrogens is 2. The van der Waals surface area contributed by atoms with Crippen LogP contribution in [0.25, 0.3) is 0 Å². The SMILES string of the molecule is C=C[C@]1(COP(=O)(N[C@@H](C)C(=O)OC2CCCCC2)N[C@@H](C)C(=O)OC2CCCCC2)O[C@@H](n2ccc(=O)[nH]c2=O)[C@H](O)[C@@H]1F. The summed E-state index contributed by atoms with van der Waals surface area (Å²) in [6, 6.07) is -1.34. The van der Waals surface area contributed by atoms with Gasteiger partial charge in [-0.1, -0.05) is 18.9 Å². The smallest absolute Gasteiger partial charge is 0.342 e. The van der Waals surface area contributed by atoms with E-state index in [1.165, 1.54) is 13.8 Å². The standard InChI is InChI=1S/C29H44FN4O10P/c1-4-29(24(30)23(36)25(44-29)34-16-15-22(35)31-28(34)39)17-41-45(40,32-18(2)26(37)42-20-11-7-5-8-12-20)33-19(3)27(38)43-21-13-9-6-10-14-21/h4,15-16,18-21,23-25,36H,1,5-14,17H2,2-3H3,(H,31,35,39)(H2,32,33,40)/t18-,19-,23+,24-,25+,29+/m0/s1. The van der Waals surface area contributed by atoms with E-state index in [1.54, 1.807) is 0 Å². The van der Waals surface area contributed by atoms with Gasteiger partial charge in [0.15, 0.2) is 12.4 Å². The Kier molecular flexibility index (Phi) is 11.9. The van der Waals surface area contributed by atoms with Crippen molar-refractivity contribution in [2.75, 3.05) is 6.61 Å². The summed E-state index contributed by atoms with van der Waals surface area (Å²) < 4.78 is 53.4. The fourth-order valence-corrected chi connectivity index (χ4v) is 7.63. The van der Waals surface area contributed by atoms with E-state index in [0.29, 0.717) is 25.7 Å². The molecule has 16 heteroatoms. The van der Waals surface area contributed by atoms with E-state index in [-0.39, 0.29) is 12.2 Å². The van der Waals surface area contributed by atoms with Crippen LogP contribution in [0.2, 0.25) is 0 Å². The molecule has 1 aromatic heterocycles. The highest BCUT2D eigenvalue weighted by Crippen LogP contribution is 2.45. The highest BCUT2D eigenvalue weighted by Gasteiger charge is 2.56. The number of esters is 2. The lowest BCUT2D eigenvalue weighted by Crippen LogP contribution is -2.46. The number of hydrogen-bond donors (Lipinski definition) is 4. The van der Waals surface area contributed by atoms with Gasteiger partial charge in [-0.2, -0.15) is 0 Å². The van der Waals surface area contributed by atoms with Crippen molar-refractivity contribution in [1.29, 1.82) is 0 Å². The second-order valence-corrected chi connectivity index (χ2v) is 13.9. The number of halogens is 1. The number of carbonyl (C=O) groups excluding carboxylic acids is 2. The van der Waals surface area contributed by atoms with E-state index in [4.69, 9.17) is 18.7 Å². The maximum atomic E-state index is 15.7. The number of hydrogen-bond acceptors (Lipinski definition) is 10. The van der Waals surface area contributed by atoms with Crippen molar-refractivity contribution in [2.24, 2.45) is 0 Å². The van der Waals surface area contributed by atoms with Gasteiger partial charge < -0.3 is 23.8 Å². The average Bonchev–Trinajstić information content (AvgIpc) is 3.26. The van der Waals surface area contributed by atoms with E-state index < -0.39 is 73.7 Å². The van der Waals surface area contributed by atoms with E-state index in [9.17, 15) is 28.8 Å². The number of alkyl halides is 1. The Morgan fingerprint density at radius 2 is 1.60 bits per heavy atom. The maximum Gasteiger partial charge on any atom is 0.342 e. The monoisotopic (exact) mass is 658 g/mol. The number of carbonyl (C=O) groups is 2. The fraction of sp³-hybridized carbons (Fsp3) is 0.724. The lowest BCUT2D eigenvalue weighted by Gasteiger charge is -2.32. The zero-order chi connectivity index (χ0) is 32.8. The largest absolute Gasteiger partial charge is 0.461 e. The summed E-state index contributed by atoms with van der Waals surface area (Å²) in [5, 5.41) is 15.9. The van der Waals surface area contributed by atoms with Crippen LogP contribution in [0.4, 0.5) is 4.39 Å². The van der Waals surface area contributed by atoms with Crippen LogP contribution in [0.15, 0.2) is 34.5 Å². The Labute approximate surface area is 260 Å². The molecule has 0 spiro atoms. The minimum Gasteiger partial charge on any atom is -0.461 e. The molecule has 252 valence electrons. The van der Waals surface area contributed by atoms with Crippen LogP contribution in [0.5, 0.6) is 0 Å². The summed E-state index contributed by atoms with van der Waals surface area (Å²) >= 11 is 0. The van der Waals surface area contributed by atoms with Gasteiger partial charge in [0.1, 0.15) is 36.0 Å². The van der Waals surface area contributed by atoms with Crippen LogP contribution in [0.3, 0.4) is 0 Å². The van der Waals surface area contributed by atoms with Gasteiger partial charge >= 0.3 is 25.3 Å². The van der Waals surface area contributed by atoms with E-state index in [1.807, 2.05) is 4.98 Å². The molecule has 4 rings (SSSR count). The molecular weight excluding hydrogens is 614 g/mol. The van der Waals surface area contributed by atoms with Crippen molar-refractivity contribution < 1.29 is 42.4 Å². The third-order valence-electron chi connectivity index (χ3n) is 8.45. The molecule has 0 radical (unpaired) electrons. The molecule has 2 aliphatic carbocycles. The molecule has 4 N–H and O–H groups in total. The number of nitrogens with one attached hydrogen (secondary N) is 3. The predicted molar refractivity (Wildman–Crippen MR) is 160 cm³/mol. The minimum absolute atomic E-state index is 0.272. The van der Waals surface area contributed by atoms with Crippen molar-refractivity contribution in [3.63, 3.8) is 0 Å². The highest BCUT2D eigenvalue weighted by atomic mass is 31.2. The number of aliphatic hydroxyl groups is 1. The van der Waals surface area contributed by atoms with Crippen LogP contribution < -0.4 is 21.4 Å². The van der Waals surface area contributed by atoms with Gasteiger partial charge in [-0.25, -0.2) is 19.4 Å². The van der Waals surface area contributed by atoms with Gasteiger partial charge in [-0.3, -0.25) is 28.5 Å². The van der Waals surface area contributed by atoms with Crippen LogP contribution in [0, 0.1) is 0 Å². The van der Waals surface area contributed by atoms with Gasteiger partial charge in [0.2, 0.25) is 0 Å². The molecule has 0 aromatic carbocycles. The molecule has 0 amide bonds. The maximum absolute atomic E-state index is 15.7. The molecule has 3 aliphatic rings. The van der Waals surface area contributed by atoms with Crippen LogP contribution in [-0.4, -0.2) is 75.4 Å². The molecule has 45 heavy (non-hydrogen) atoms. The summed E-state index contributed by atoms with van der Waals surface area (Å²) in [6.45, 7) is 5.61. The molecule has 1 aromatic rings. The number of H-pyrrole nitrogens is 1. The van der Waals surface area contributed by atoms with Gasteiger partial charge in [0.05, 0.1) is 6.61 Å². The molecule has 2 heterocycles. The molecule has 0 bridgehead atoms. The van der Waals surface area contributed by atoms with Crippen molar-refractivity contribution >= 4 is 19.6 Å². The van der Waals surface area contributed by atoms with Gasteiger partial charge in [0, 0.05) is 12.3 Å². The number of rotatable bonds is 13. The predicted octanol–water partition coefficient (Wildman–Crippen LogP) is 2.52. The number of aliphatic hydroxyl groups excluding tert-OH is 1. The van der Waals surface area contributed by atoms with Crippen molar-refractivity contribution in [3.05, 3.63) is 45.8 Å². The molecule has 14 nitrogen and oxygen atoms in total. The summed E-state index contributed by atoms with van der Waals surface area (Å²) in [4.78, 5) is 51.7. The molecule has 1 aliphatic heterocycles. The van der Waals surface area contributed by atoms with Crippen molar-refractivity contribution in [2.45, 2.75) is 126 Å². The second kappa shape index (κ2) is 15.3. The summed E-state index contributed by atoms with van der Waals surface area (Å²) in [6.07, 6.45) is 4.44. The fourth-order valence-electron chi connectivity index (χ4n) is 5.79. The average molecular weight is 659 g/mol. The van der Waals surface area contributed by atoms with Crippen LogP contribution >= 0.6 is 7.67 Å². The normalized spacial score (nSPS) is 27.9. The first-order valence-electron chi connectivity index (χ1n) is 15.5. The van der Waals surface area contributed by atoms with E-state index in [0.717, 1.165) is 61.4 Å². The quantitative estimate of drug-likeness (QED) is 0.138. The molecule has 3 fully saturated rings. The first kappa shape index (κ1) is 35.2.